The van der Waals surface area contributed by atoms with Crippen LogP contribution in [0.25, 0.3) is 0 Å². The number of amides is 2. The van der Waals surface area contributed by atoms with Crippen LogP contribution >= 0.6 is 7.60 Å². The van der Waals surface area contributed by atoms with E-state index in [0.29, 0.717) is 0 Å². The van der Waals surface area contributed by atoms with Gasteiger partial charge in [0.15, 0.2) is 31.2 Å². The van der Waals surface area contributed by atoms with E-state index >= 15 is 0 Å². The Bertz CT molecular complexity index is 3050. The third-order valence-corrected chi connectivity index (χ3v) is 15.4. The van der Waals surface area contributed by atoms with Crippen LogP contribution in [0.1, 0.15) is 51.8 Å². The molecule has 28 heteroatoms. The first-order chi connectivity index (χ1) is 28.0. The molecule has 324 valence electrons. The minimum atomic E-state index is -4.49. The van der Waals surface area contributed by atoms with Crippen molar-refractivity contribution < 1.29 is 95.4 Å². The molecule has 61 heavy (non-hydrogen) atoms. The Morgan fingerprint density at radius 3 is 1.67 bits per heavy atom. The summed E-state index contributed by atoms with van der Waals surface area (Å²) < 4.78 is 141. The van der Waals surface area contributed by atoms with Gasteiger partial charge in [0.05, 0.1) is 51.6 Å². The van der Waals surface area contributed by atoms with Gasteiger partial charge in [-0.3, -0.25) is 23.7 Å². The number of fused-ring (bicyclic) bond motifs is 4. The van der Waals surface area contributed by atoms with Crippen molar-refractivity contribution in [2.45, 2.75) is 19.6 Å². The fourth-order valence-electron chi connectivity index (χ4n) is 5.67. The van der Waals surface area contributed by atoms with E-state index in [0.717, 1.165) is 42.5 Å². The van der Waals surface area contributed by atoms with Crippen LogP contribution in [0.15, 0.2) is 80.2 Å². The van der Waals surface area contributed by atoms with E-state index < -0.39 is 111 Å². The number of hydrogen-bond donors (Lipinski definition) is 5. The molecule has 4 aliphatic heterocycles. The van der Waals surface area contributed by atoms with Crippen LogP contribution in [-0.2, 0) is 44.3 Å². The Kier molecular flexibility index (Phi) is 12.2. The number of ether oxygens (including phenoxy) is 2. The Hall–Kier alpha value is -5.96. The van der Waals surface area contributed by atoms with Crippen LogP contribution in [0.4, 0.5) is 8.78 Å². The second-order valence-corrected chi connectivity index (χ2v) is 21.3. The number of hydrogen-bond acceptors (Lipinski definition) is 16. The number of benzene rings is 4. The number of carbonyl (C=O) groups excluding carboxylic acids is 4. The minimum Gasteiger partial charge on any atom is -0.497 e. The molecule has 0 radical (unpaired) electrons. The maximum Gasteiger partial charge on any atom is 0.356 e. The van der Waals surface area contributed by atoms with Crippen LogP contribution in [0, 0.1) is 11.6 Å². The first-order valence-corrected chi connectivity index (χ1v) is 23.9. The van der Waals surface area contributed by atoms with Gasteiger partial charge in [-0.1, -0.05) is 0 Å². The number of methoxy groups -OCH3 is 2. The fourth-order valence-corrected chi connectivity index (χ4v) is 11.5. The predicted octanol–water partition coefficient (Wildman–Crippen LogP) is 0.347. The Balaban J connectivity index is 0.000000154. The van der Waals surface area contributed by atoms with Gasteiger partial charge in [0.2, 0.25) is 0 Å². The van der Waals surface area contributed by atoms with Crippen molar-refractivity contribution in [1.29, 1.82) is 0 Å². The zero-order valence-corrected chi connectivity index (χ0v) is 34.6. The normalized spacial score (nSPS) is 17.5. The zero-order chi connectivity index (χ0) is 45.8. The highest BCUT2D eigenvalue weighted by Crippen LogP contribution is 2.35. The van der Waals surface area contributed by atoms with E-state index in [2.05, 4.69) is 0 Å². The molecule has 4 aromatic carbocycles. The molecule has 0 saturated carbocycles. The van der Waals surface area contributed by atoms with Crippen molar-refractivity contribution in [2.24, 2.45) is 0 Å². The van der Waals surface area contributed by atoms with Crippen molar-refractivity contribution >= 4 is 82.0 Å². The molecule has 2 amide bonds. The highest BCUT2D eigenvalue weighted by molar-refractivity contribution is 7.93. The fraction of sp³-hybridized carbons (Fsp3) is 0.121. The Labute approximate surface area is 342 Å². The SMILES string of the molecule is COc1cc(F)c2c(c1)S(=O)(=O)CC2=O.COc1cc(F)c2c(c1)S(=O)(=O)NC2=O.O=C(O)c1ccc2c(c1)C(=O)CS2(=O)=O.O=C1NS(=O)(=O)c2ccc(P(=O)(O)O)cc21. The van der Waals surface area contributed by atoms with Gasteiger partial charge in [0.1, 0.15) is 44.4 Å². The Morgan fingerprint density at radius 2 is 1.11 bits per heavy atom. The zero-order valence-electron chi connectivity index (χ0n) is 30.4. The average Bonchev–Trinajstić information content (AvgIpc) is 3.74. The second kappa shape index (κ2) is 16.1. The molecule has 5 N–H and O–H groups in total. The maximum atomic E-state index is 13.4. The van der Waals surface area contributed by atoms with Crippen LogP contribution in [0.3, 0.4) is 0 Å². The van der Waals surface area contributed by atoms with E-state index in [1.54, 1.807) is 9.44 Å². The number of carboxylic acids is 1. The third kappa shape index (κ3) is 9.21. The van der Waals surface area contributed by atoms with E-state index in [4.69, 9.17) is 24.4 Å². The lowest BCUT2D eigenvalue weighted by Crippen LogP contribution is -2.21. The number of nitrogens with one attached hydrogen (secondary N) is 2. The maximum absolute atomic E-state index is 13.4. The molecule has 0 unspecified atom stereocenters. The molecule has 0 atom stereocenters. The summed E-state index contributed by atoms with van der Waals surface area (Å²) >= 11 is 0. The molecule has 0 aromatic heterocycles. The van der Waals surface area contributed by atoms with Crippen molar-refractivity contribution in [3.63, 3.8) is 0 Å². The second-order valence-electron chi connectivity index (χ2n) is 12.4. The number of ketones is 2. The van der Waals surface area contributed by atoms with E-state index in [1.165, 1.54) is 32.4 Å². The van der Waals surface area contributed by atoms with Crippen molar-refractivity contribution in [3.05, 3.63) is 100 Å². The van der Waals surface area contributed by atoms with Crippen LogP contribution in [0.5, 0.6) is 11.5 Å². The summed E-state index contributed by atoms with van der Waals surface area (Å²) in [5, 5.41) is 8.28. The quantitative estimate of drug-likeness (QED) is 0.172. The number of sulfonamides is 2. The monoisotopic (exact) mass is 950 g/mol. The number of sulfone groups is 2. The van der Waals surface area contributed by atoms with E-state index in [9.17, 15) is 71.0 Å². The number of halogens is 2. The molecule has 0 saturated heterocycles. The van der Waals surface area contributed by atoms with Gasteiger partial charge in [-0.25, -0.2) is 56.7 Å². The van der Waals surface area contributed by atoms with Gasteiger partial charge in [-0.15, -0.1) is 0 Å². The largest absolute Gasteiger partial charge is 0.497 e. The first kappa shape index (κ1) is 46.1. The van der Waals surface area contributed by atoms with Crippen LogP contribution in [0.2, 0.25) is 0 Å². The summed E-state index contributed by atoms with van der Waals surface area (Å²) in [7, 11) is -16.9. The van der Waals surface area contributed by atoms with Gasteiger partial charge >= 0.3 is 13.6 Å². The smallest absolute Gasteiger partial charge is 0.356 e. The third-order valence-electron chi connectivity index (χ3n) is 8.45. The summed E-state index contributed by atoms with van der Waals surface area (Å²) in [6, 6.07) is 10.5. The number of carbonyl (C=O) groups is 5. The van der Waals surface area contributed by atoms with E-state index in [1.807, 2.05) is 0 Å². The van der Waals surface area contributed by atoms with Gasteiger partial charge in [0.25, 0.3) is 31.9 Å². The molecule has 0 aliphatic carbocycles. The van der Waals surface area contributed by atoms with Crippen LogP contribution in [-0.4, -0.2) is 104 Å². The molecule has 0 fully saturated rings. The number of carboxylic acid groups (broad SMARTS) is 1. The molecule has 4 heterocycles. The minimum absolute atomic E-state index is 0.0186. The van der Waals surface area contributed by atoms with Crippen molar-refractivity contribution in [1.82, 2.24) is 9.44 Å². The van der Waals surface area contributed by atoms with Gasteiger partial charge in [-0.05, 0) is 42.5 Å². The molecule has 4 aliphatic rings. The molecular weight excluding hydrogens is 926 g/mol. The lowest BCUT2D eigenvalue weighted by atomic mass is 10.1. The number of rotatable bonds is 4. The van der Waals surface area contributed by atoms with Gasteiger partial charge in [0, 0.05) is 23.8 Å². The molecular formula is C33H25F2N2O19PS4. The predicted molar refractivity (Wildman–Crippen MR) is 199 cm³/mol. The van der Waals surface area contributed by atoms with E-state index in [-0.39, 0.29) is 53.3 Å². The Morgan fingerprint density at radius 1 is 0.623 bits per heavy atom. The summed E-state index contributed by atoms with van der Waals surface area (Å²) in [4.78, 5) is 72.2. The van der Waals surface area contributed by atoms with Crippen molar-refractivity contribution in [2.75, 3.05) is 25.7 Å². The first-order valence-electron chi connectivity index (χ1n) is 16.0. The standard InChI is InChI=1S/C9H7FO4S.C9H6O5S.C8H6FNO4S.C7H6NO6PS/c1-14-5-2-6(10)9-7(11)4-15(12,13)8(9)3-5;10-7-4-15(13,14)8-2-1-5(9(11)12)3-6(7)8;1-14-4-2-5(9)7-6(3-4)15(12,13)10-8(7)11;9-7-5-3-4(15(10,11)12)1-2-6(5)16(13,14)8-7/h2-3H,4H2,1H3;1-3H,4H2,(H,11,12);2-3H,1H3,(H,10,11);1-3H,(H,8,9)(H2,10,11,12). The lowest BCUT2D eigenvalue weighted by Gasteiger charge is -2.04. The highest BCUT2D eigenvalue weighted by Gasteiger charge is 2.38. The topological polar surface area (TPSA) is 342 Å². The van der Waals surface area contributed by atoms with Crippen molar-refractivity contribution in [3.8, 4) is 11.5 Å². The van der Waals surface area contributed by atoms with Gasteiger partial charge in [-0.2, -0.15) is 0 Å². The summed E-state index contributed by atoms with van der Waals surface area (Å²) in [5.74, 6) is -7.13. The summed E-state index contributed by atoms with van der Waals surface area (Å²) in [6.45, 7) is 0. The van der Waals surface area contributed by atoms with Crippen LogP contribution < -0.4 is 24.2 Å². The number of aromatic carboxylic acids is 1. The molecule has 0 spiro atoms. The highest BCUT2D eigenvalue weighted by atomic mass is 32.2. The molecule has 4 aromatic rings. The number of Topliss-reactive ketones (excluding diaryl/α,β-unsaturated/α-hetero) is 2. The summed E-state index contributed by atoms with van der Waals surface area (Å²) in [6.07, 6.45) is 0. The summed E-state index contributed by atoms with van der Waals surface area (Å²) in [5.41, 5.74) is -1.17. The molecule has 0 bridgehead atoms. The average molecular weight is 951 g/mol. The lowest BCUT2D eigenvalue weighted by molar-refractivity contribution is 0.0695. The van der Waals surface area contributed by atoms with Gasteiger partial charge < -0.3 is 24.4 Å². The molecule has 21 nitrogen and oxygen atoms in total. The molecule has 8 rings (SSSR count).